The van der Waals surface area contributed by atoms with Gasteiger partial charge in [-0.15, -0.1) is 0 Å². The minimum atomic E-state index is -0.560. The van der Waals surface area contributed by atoms with Crippen LogP contribution >= 0.6 is 0 Å². The predicted octanol–water partition coefficient (Wildman–Crippen LogP) is 1.61. The number of anilines is 2. The van der Waals surface area contributed by atoms with Gasteiger partial charge in [0.15, 0.2) is 0 Å². The van der Waals surface area contributed by atoms with Crippen LogP contribution in [0.1, 0.15) is 5.69 Å². The van der Waals surface area contributed by atoms with Crippen molar-refractivity contribution in [1.29, 1.82) is 0 Å². The molecule has 0 unspecified atom stereocenters. The average molecular weight is 289 g/mol. The molecule has 2 N–H and O–H groups in total. The first-order valence-electron chi connectivity index (χ1n) is 6.11. The fraction of sp³-hybridized carbons (Fsp3) is 0.231. The van der Waals surface area contributed by atoms with Crippen molar-refractivity contribution in [3.8, 4) is 5.75 Å². The van der Waals surface area contributed by atoms with Crippen molar-refractivity contribution in [2.45, 2.75) is 6.54 Å². The number of methoxy groups -OCH3 is 1. The van der Waals surface area contributed by atoms with Crippen molar-refractivity contribution in [1.82, 2.24) is 9.97 Å². The molecule has 8 heteroatoms. The summed E-state index contributed by atoms with van der Waals surface area (Å²) < 4.78 is 5.13. The van der Waals surface area contributed by atoms with Gasteiger partial charge >= 0.3 is 5.69 Å². The van der Waals surface area contributed by atoms with Crippen LogP contribution in [0.3, 0.4) is 0 Å². The van der Waals surface area contributed by atoms with Gasteiger partial charge in [0.1, 0.15) is 23.5 Å². The molecule has 0 atom stereocenters. The molecule has 0 fully saturated rings. The molecule has 21 heavy (non-hydrogen) atoms. The highest BCUT2D eigenvalue weighted by Crippen LogP contribution is 2.24. The van der Waals surface area contributed by atoms with Crippen LogP contribution < -0.4 is 15.4 Å². The smallest absolute Gasteiger partial charge is 0.310 e. The third-order valence-corrected chi connectivity index (χ3v) is 2.91. The topological polar surface area (TPSA) is 107 Å². The first-order chi connectivity index (χ1) is 10.0. The van der Waals surface area contributed by atoms with Crippen molar-refractivity contribution in [2.24, 2.45) is 0 Å². The van der Waals surface area contributed by atoms with E-state index in [1.807, 2.05) is 6.07 Å². The van der Waals surface area contributed by atoms with Crippen LogP contribution in [0.2, 0.25) is 0 Å². The normalized spacial score (nSPS) is 10.2. The van der Waals surface area contributed by atoms with Crippen LogP contribution in [0.5, 0.6) is 5.75 Å². The van der Waals surface area contributed by atoms with Crippen LogP contribution in [0, 0.1) is 10.1 Å². The summed E-state index contributed by atoms with van der Waals surface area (Å²) in [5.74, 6) is 1.24. The van der Waals surface area contributed by atoms with Crippen LogP contribution in [0.25, 0.3) is 0 Å². The van der Waals surface area contributed by atoms with Gasteiger partial charge in [-0.2, -0.15) is 0 Å². The molecule has 2 aromatic heterocycles. The number of pyridine rings is 2. The molecule has 0 saturated carbocycles. The fourth-order valence-corrected chi connectivity index (χ4v) is 1.81. The van der Waals surface area contributed by atoms with Crippen molar-refractivity contribution in [2.75, 3.05) is 24.8 Å². The van der Waals surface area contributed by atoms with Crippen molar-refractivity contribution in [3.63, 3.8) is 0 Å². The molecule has 0 spiro atoms. The Labute approximate surface area is 121 Å². The molecule has 0 amide bonds. The molecule has 0 aliphatic heterocycles. The summed E-state index contributed by atoms with van der Waals surface area (Å²) in [4.78, 5) is 20.2. The number of nitro groups is 1. The molecule has 0 aliphatic rings. The Morgan fingerprint density at radius 1 is 1.43 bits per heavy atom. The standard InChI is InChI=1S/C13H15N5O3/c1-17(8-9-5-10(21-2)3-4-15-9)13-6-11(14)12(7-16-13)18(19)20/h3-7H,8H2,1-2H3,(H2,14,16). The van der Waals surface area contributed by atoms with Gasteiger partial charge in [-0.1, -0.05) is 0 Å². The number of nitrogens with two attached hydrogens (primary N) is 1. The summed E-state index contributed by atoms with van der Waals surface area (Å²) in [6.45, 7) is 0.474. The number of aromatic nitrogens is 2. The quantitative estimate of drug-likeness (QED) is 0.658. The molecule has 8 nitrogen and oxygen atoms in total. The lowest BCUT2D eigenvalue weighted by molar-refractivity contribution is -0.384. The number of nitrogens with zero attached hydrogens (tertiary/aromatic N) is 4. The van der Waals surface area contributed by atoms with E-state index in [2.05, 4.69) is 9.97 Å². The molecular weight excluding hydrogens is 274 g/mol. The summed E-state index contributed by atoms with van der Waals surface area (Å²) in [7, 11) is 3.39. The first-order valence-corrected chi connectivity index (χ1v) is 6.11. The molecule has 0 bridgehead atoms. The maximum absolute atomic E-state index is 10.7. The molecule has 0 saturated heterocycles. The monoisotopic (exact) mass is 289 g/mol. The van der Waals surface area contributed by atoms with E-state index >= 15 is 0 Å². The lowest BCUT2D eigenvalue weighted by Crippen LogP contribution is -2.18. The average Bonchev–Trinajstić information content (AvgIpc) is 2.46. The van der Waals surface area contributed by atoms with E-state index < -0.39 is 4.92 Å². The van der Waals surface area contributed by atoms with Crippen LogP contribution in [0.4, 0.5) is 17.2 Å². The van der Waals surface area contributed by atoms with Gasteiger partial charge in [0.25, 0.3) is 0 Å². The summed E-state index contributed by atoms with van der Waals surface area (Å²) in [5.41, 5.74) is 6.32. The zero-order chi connectivity index (χ0) is 15.4. The van der Waals surface area contributed by atoms with E-state index in [0.29, 0.717) is 18.1 Å². The Bertz CT molecular complexity index is 662. The highest BCUT2D eigenvalue weighted by molar-refractivity contribution is 5.62. The van der Waals surface area contributed by atoms with Crippen LogP contribution in [-0.2, 0) is 6.54 Å². The Hall–Kier alpha value is -2.90. The minimum absolute atomic E-state index is 0.0791. The predicted molar refractivity (Wildman–Crippen MR) is 78.2 cm³/mol. The van der Waals surface area contributed by atoms with E-state index in [1.165, 1.54) is 6.07 Å². The van der Waals surface area contributed by atoms with Gasteiger partial charge in [0, 0.05) is 25.4 Å². The zero-order valence-electron chi connectivity index (χ0n) is 11.7. The van der Waals surface area contributed by atoms with Crippen LogP contribution in [-0.4, -0.2) is 29.0 Å². The Kier molecular flexibility index (Phi) is 4.17. The summed E-state index contributed by atoms with van der Waals surface area (Å²) in [6.07, 6.45) is 2.81. The number of rotatable bonds is 5. The third-order valence-electron chi connectivity index (χ3n) is 2.91. The molecule has 110 valence electrons. The van der Waals surface area contributed by atoms with Crippen molar-refractivity contribution < 1.29 is 9.66 Å². The summed E-state index contributed by atoms with van der Waals surface area (Å²) in [5, 5.41) is 10.7. The summed E-state index contributed by atoms with van der Waals surface area (Å²) in [6, 6.07) is 5.04. The third kappa shape index (κ3) is 3.35. The molecule has 0 radical (unpaired) electrons. The van der Waals surface area contributed by atoms with Gasteiger partial charge in [-0.3, -0.25) is 15.1 Å². The fourth-order valence-electron chi connectivity index (χ4n) is 1.81. The Morgan fingerprint density at radius 3 is 2.81 bits per heavy atom. The lowest BCUT2D eigenvalue weighted by Gasteiger charge is -2.18. The molecule has 0 aromatic carbocycles. The van der Waals surface area contributed by atoms with E-state index in [1.54, 1.807) is 31.3 Å². The molecule has 2 heterocycles. The van der Waals surface area contributed by atoms with Crippen LogP contribution in [0.15, 0.2) is 30.6 Å². The van der Waals surface area contributed by atoms with E-state index in [4.69, 9.17) is 10.5 Å². The summed E-state index contributed by atoms with van der Waals surface area (Å²) >= 11 is 0. The maximum Gasteiger partial charge on any atom is 0.310 e. The second-order valence-corrected chi connectivity index (χ2v) is 4.40. The van der Waals surface area contributed by atoms with Gasteiger partial charge in [-0.25, -0.2) is 4.98 Å². The number of ether oxygens (including phenoxy) is 1. The van der Waals surface area contributed by atoms with E-state index in [9.17, 15) is 10.1 Å². The largest absolute Gasteiger partial charge is 0.497 e. The minimum Gasteiger partial charge on any atom is -0.497 e. The molecule has 2 aromatic rings. The second-order valence-electron chi connectivity index (χ2n) is 4.40. The van der Waals surface area contributed by atoms with Gasteiger partial charge < -0.3 is 15.4 Å². The zero-order valence-corrected chi connectivity index (χ0v) is 11.7. The van der Waals surface area contributed by atoms with E-state index in [0.717, 1.165) is 11.9 Å². The van der Waals surface area contributed by atoms with Gasteiger partial charge in [0.2, 0.25) is 0 Å². The van der Waals surface area contributed by atoms with E-state index in [-0.39, 0.29) is 11.4 Å². The van der Waals surface area contributed by atoms with Crippen molar-refractivity contribution >= 4 is 17.2 Å². The SMILES string of the molecule is COc1ccnc(CN(C)c2cc(N)c([N+](=O)[O-])cn2)c1. The highest BCUT2D eigenvalue weighted by atomic mass is 16.6. The van der Waals surface area contributed by atoms with Crippen molar-refractivity contribution in [3.05, 3.63) is 46.4 Å². The number of hydrogen-bond donors (Lipinski definition) is 1. The number of nitrogen functional groups attached to an aromatic ring is 1. The maximum atomic E-state index is 10.7. The Morgan fingerprint density at radius 2 is 2.19 bits per heavy atom. The molecule has 2 rings (SSSR count). The molecule has 0 aliphatic carbocycles. The number of hydrogen-bond acceptors (Lipinski definition) is 7. The van der Waals surface area contributed by atoms with Gasteiger partial charge in [-0.05, 0) is 6.07 Å². The highest BCUT2D eigenvalue weighted by Gasteiger charge is 2.14. The first kappa shape index (κ1) is 14.5. The second kappa shape index (κ2) is 6.04. The molecular formula is C13H15N5O3. The van der Waals surface area contributed by atoms with Gasteiger partial charge in [0.05, 0.1) is 24.3 Å². The lowest BCUT2D eigenvalue weighted by atomic mass is 10.3. The Balaban J connectivity index is 2.18.